The number of carboxylic acid groups (broad SMARTS) is 1. The molecule has 1 aliphatic rings. The Morgan fingerprint density at radius 3 is 2.72 bits per heavy atom. The number of hydrogen-bond acceptors (Lipinski definition) is 3. The minimum atomic E-state index is -1.55. The molecule has 1 unspecified atom stereocenters. The van der Waals surface area contributed by atoms with E-state index in [4.69, 9.17) is 9.84 Å². The average Bonchev–Trinajstić information content (AvgIpc) is 2.37. The Bertz CT molecular complexity index is 484. The Balaban J connectivity index is 2.58. The minimum absolute atomic E-state index is 0.317. The van der Waals surface area contributed by atoms with E-state index in [0.29, 0.717) is 11.3 Å². The molecule has 0 aliphatic heterocycles. The van der Waals surface area contributed by atoms with Gasteiger partial charge in [-0.2, -0.15) is 0 Å². The quantitative estimate of drug-likeness (QED) is 0.899. The fourth-order valence-corrected chi connectivity index (χ4v) is 3.24. The van der Waals surface area contributed by atoms with Gasteiger partial charge in [-0.3, -0.25) is 0 Å². The summed E-state index contributed by atoms with van der Waals surface area (Å²) < 4.78 is 6.02. The molecule has 1 aromatic carbocycles. The van der Waals surface area contributed by atoms with Gasteiger partial charge in [0.1, 0.15) is 5.75 Å². The lowest BCUT2D eigenvalue weighted by atomic mass is 9.89. The van der Waals surface area contributed by atoms with Crippen molar-refractivity contribution in [1.29, 1.82) is 0 Å². The summed E-state index contributed by atoms with van der Waals surface area (Å²) in [5.74, 6) is -0.846. The van der Waals surface area contributed by atoms with E-state index in [0.717, 1.165) is 35.7 Å². The molecule has 0 fully saturated rings. The van der Waals surface area contributed by atoms with E-state index in [-0.39, 0.29) is 0 Å². The fraction of sp³-hybridized carbons (Fsp3) is 0.462. The summed E-state index contributed by atoms with van der Waals surface area (Å²) in [5.41, 5.74) is 2.58. The first-order chi connectivity index (χ1) is 8.56. The Hall–Kier alpha value is -1.07. The van der Waals surface area contributed by atoms with Crippen LogP contribution in [-0.2, 0) is 17.6 Å². The zero-order valence-corrected chi connectivity index (χ0v) is 11.7. The lowest BCUT2D eigenvalue weighted by Crippen LogP contribution is -2.14. The second kappa shape index (κ2) is 5.28. The molecule has 18 heavy (non-hydrogen) atoms. The molecule has 0 saturated carbocycles. The molecule has 2 N–H and O–H groups in total. The van der Waals surface area contributed by atoms with Crippen molar-refractivity contribution >= 4 is 21.9 Å². The molecule has 0 aromatic heterocycles. The standard InChI is InChI=1S/C13H15BrO4/c1-18-12-9(11(15)13(16)17)6-7-4-2-3-5-8(7)10(12)14/h6,11,15H,2-5H2,1H3,(H,16,17). The molecule has 1 aliphatic carbocycles. The number of rotatable bonds is 3. The van der Waals surface area contributed by atoms with Gasteiger partial charge in [0.05, 0.1) is 11.6 Å². The summed E-state index contributed by atoms with van der Waals surface area (Å²) in [6, 6.07) is 1.76. The summed E-state index contributed by atoms with van der Waals surface area (Å²) in [7, 11) is 1.48. The highest BCUT2D eigenvalue weighted by Crippen LogP contribution is 2.40. The number of aliphatic carboxylic acids is 1. The van der Waals surface area contributed by atoms with Gasteiger partial charge in [0.2, 0.25) is 0 Å². The Labute approximate surface area is 114 Å². The van der Waals surface area contributed by atoms with Gasteiger partial charge in [0.15, 0.2) is 6.10 Å². The summed E-state index contributed by atoms with van der Waals surface area (Å²) in [4.78, 5) is 10.9. The van der Waals surface area contributed by atoms with E-state index in [9.17, 15) is 9.90 Å². The SMILES string of the molecule is COc1c(C(O)C(=O)O)cc2c(c1Br)CCCC2. The predicted molar refractivity (Wildman–Crippen MR) is 69.9 cm³/mol. The number of aliphatic hydroxyl groups is 1. The third kappa shape index (κ3) is 2.24. The molecule has 1 aromatic rings. The summed E-state index contributed by atoms with van der Waals surface area (Å²) in [6.07, 6.45) is 2.53. The van der Waals surface area contributed by atoms with Crippen molar-refractivity contribution in [3.8, 4) is 5.75 Å². The lowest BCUT2D eigenvalue weighted by molar-refractivity contribution is -0.147. The summed E-state index contributed by atoms with van der Waals surface area (Å²) in [5, 5.41) is 18.7. The van der Waals surface area contributed by atoms with Crippen LogP contribution in [0.5, 0.6) is 5.75 Å². The molecule has 0 amide bonds. The van der Waals surface area contributed by atoms with Crippen LogP contribution in [0, 0.1) is 0 Å². The number of carboxylic acids is 1. The van der Waals surface area contributed by atoms with Crippen LogP contribution in [0.4, 0.5) is 0 Å². The largest absolute Gasteiger partial charge is 0.495 e. The highest BCUT2D eigenvalue weighted by Gasteiger charge is 2.26. The van der Waals surface area contributed by atoms with Crippen LogP contribution in [0.3, 0.4) is 0 Å². The number of benzene rings is 1. The molecule has 5 heteroatoms. The molecule has 0 bridgehead atoms. The number of hydrogen-bond donors (Lipinski definition) is 2. The van der Waals surface area contributed by atoms with Crippen molar-refractivity contribution in [3.63, 3.8) is 0 Å². The Kier molecular flexibility index (Phi) is 3.92. The van der Waals surface area contributed by atoms with Gasteiger partial charge < -0.3 is 14.9 Å². The second-order valence-corrected chi connectivity index (χ2v) is 5.19. The van der Waals surface area contributed by atoms with Crippen LogP contribution >= 0.6 is 15.9 Å². The number of aryl methyl sites for hydroxylation is 1. The topological polar surface area (TPSA) is 66.8 Å². The first-order valence-corrected chi connectivity index (χ1v) is 6.64. The maximum Gasteiger partial charge on any atom is 0.337 e. The van der Waals surface area contributed by atoms with E-state index < -0.39 is 12.1 Å². The maximum atomic E-state index is 10.9. The van der Waals surface area contributed by atoms with Crippen molar-refractivity contribution in [1.82, 2.24) is 0 Å². The first kappa shape index (κ1) is 13.4. The van der Waals surface area contributed by atoms with Crippen molar-refractivity contribution in [2.45, 2.75) is 31.8 Å². The lowest BCUT2D eigenvalue weighted by Gasteiger charge is -2.22. The van der Waals surface area contributed by atoms with Gasteiger partial charge in [0, 0.05) is 5.56 Å². The highest BCUT2D eigenvalue weighted by atomic mass is 79.9. The summed E-state index contributed by atoms with van der Waals surface area (Å²) >= 11 is 3.47. The molecule has 2 rings (SSSR count). The number of ether oxygens (including phenoxy) is 1. The van der Waals surface area contributed by atoms with Gasteiger partial charge in [-0.15, -0.1) is 0 Å². The van der Waals surface area contributed by atoms with Crippen molar-refractivity contribution in [2.24, 2.45) is 0 Å². The monoisotopic (exact) mass is 314 g/mol. The molecule has 98 valence electrons. The third-order valence-electron chi connectivity index (χ3n) is 3.30. The van der Waals surface area contributed by atoms with Crippen molar-refractivity contribution in [2.75, 3.05) is 7.11 Å². The number of carbonyl (C=O) groups is 1. The third-order valence-corrected chi connectivity index (χ3v) is 4.14. The van der Waals surface area contributed by atoms with E-state index >= 15 is 0 Å². The van der Waals surface area contributed by atoms with E-state index in [2.05, 4.69) is 15.9 Å². The first-order valence-electron chi connectivity index (χ1n) is 5.85. The molecular formula is C13H15BrO4. The minimum Gasteiger partial charge on any atom is -0.495 e. The smallest absolute Gasteiger partial charge is 0.337 e. The molecular weight excluding hydrogens is 300 g/mol. The fourth-order valence-electron chi connectivity index (χ4n) is 2.40. The maximum absolute atomic E-state index is 10.9. The number of aliphatic hydroxyl groups excluding tert-OH is 1. The van der Waals surface area contributed by atoms with Crippen LogP contribution < -0.4 is 4.74 Å². The number of fused-ring (bicyclic) bond motifs is 1. The molecule has 0 spiro atoms. The molecule has 0 heterocycles. The molecule has 0 saturated heterocycles. The Morgan fingerprint density at radius 1 is 1.44 bits per heavy atom. The van der Waals surface area contributed by atoms with E-state index in [1.165, 1.54) is 12.7 Å². The van der Waals surface area contributed by atoms with Gasteiger partial charge >= 0.3 is 5.97 Å². The molecule has 1 atom stereocenters. The van der Waals surface area contributed by atoms with Crippen LogP contribution in [-0.4, -0.2) is 23.3 Å². The van der Waals surface area contributed by atoms with E-state index in [1.54, 1.807) is 6.07 Å². The van der Waals surface area contributed by atoms with Crippen LogP contribution in [0.2, 0.25) is 0 Å². The van der Waals surface area contributed by atoms with Gasteiger partial charge in [-0.05, 0) is 58.8 Å². The number of methoxy groups -OCH3 is 1. The van der Waals surface area contributed by atoms with Gasteiger partial charge in [0.25, 0.3) is 0 Å². The van der Waals surface area contributed by atoms with Gasteiger partial charge in [-0.25, -0.2) is 4.79 Å². The van der Waals surface area contributed by atoms with Crippen molar-refractivity contribution < 1.29 is 19.7 Å². The Morgan fingerprint density at radius 2 is 2.11 bits per heavy atom. The second-order valence-electron chi connectivity index (χ2n) is 4.40. The zero-order chi connectivity index (χ0) is 13.3. The van der Waals surface area contributed by atoms with Crippen LogP contribution in [0.25, 0.3) is 0 Å². The normalized spacial score (nSPS) is 15.9. The zero-order valence-electron chi connectivity index (χ0n) is 10.1. The highest BCUT2D eigenvalue weighted by molar-refractivity contribution is 9.10. The van der Waals surface area contributed by atoms with Crippen LogP contribution in [0.1, 0.15) is 35.6 Å². The van der Waals surface area contributed by atoms with Gasteiger partial charge in [-0.1, -0.05) is 0 Å². The summed E-state index contributed by atoms with van der Waals surface area (Å²) in [6.45, 7) is 0. The van der Waals surface area contributed by atoms with E-state index in [1.807, 2.05) is 0 Å². The molecule has 4 nitrogen and oxygen atoms in total. The average molecular weight is 315 g/mol. The number of halogens is 1. The van der Waals surface area contributed by atoms with Crippen molar-refractivity contribution in [3.05, 3.63) is 27.2 Å². The molecule has 0 radical (unpaired) electrons. The predicted octanol–water partition coefficient (Wildman–Crippen LogP) is 2.45. The van der Waals surface area contributed by atoms with Crippen LogP contribution in [0.15, 0.2) is 10.5 Å².